The van der Waals surface area contributed by atoms with Crippen molar-refractivity contribution >= 4 is 30.8 Å². The maximum atomic E-state index is 12.5. The van der Waals surface area contributed by atoms with Gasteiger partial charge in [-0.15, -0.1) is 0 Å². The first kappa shape index (κ1) is 22.2. The second-order valence-corrected chi connectivity index (χ2v) is 9.68. The highest BCUT2D eigenvalue weighted by Gasteiger charge is 2.38. The Morgan fingerprint density at radius 3 is 2.77 bits per heavy atom. The highest BCUT2D eigenvalue weighted by Crippen LogP contribution is 2.43. The van der Waals surface area contributed by atoms with Crippen molar-refractivity contribution in [3.8, 4) is 5.75 Å². The zero-order chi connectivity index (χ0) is 22.1. The molecule has 1 fully saturated rings. The smallest absolute Gasteiger partial charge is 0.337 e. The van der Waals surface area contributed by atoms with Crippen LogP contribution in [0.2, 0.25) is 0 Å². The van der Waals surface area contributed by atoms with Gasteiger partial charge in [0.05, 0.1) is 38.2 Å². The molecule has 2 aliphatic rings. The van der Waals surface area contributed by atoms with E-state index in [9.17, 15) is 4.79 Å². The second-order valence-electron chi connectivity index (χ2n) is 8.64. The van der Waals surface area contributed by atoms with Crippen LogP contribution in [0.4, 0.5) is 0 Å². The molecular formula is C24H33N2O4P. The van der Waals surface area contributed by atoms with Gasteiger partial charge in [0.1, 0.15) is 5.75 Å². The summed E-state index contributed by atoms with van der Waals surface area (Å²) in [5.41, 5.74) is 4.52. The molecule has 0 saturated carbocycles. The van der Waals surface area contributed by atoms with Crippen molar-refractivity contribution in [2.45, 2.75) is 45.3 Å². The Labute approximate surface area is 186 Å². The molecule has 3 atom stereocenters. The van der Waals surface area contributed by atoms with E-state index in [2.05, 4.69) is 28.7 Å². The number of methoxy groups -OCH3 is 2. The lowest BCUT2D eigenvalue weighted by Gasteiger charge is -2.42. The van der Waals surface area contributed by atoms with Crippen molar-refractivity contribution in [1.82, 2.24) is 9.88 Å². The lowest BCUT2D eigenvalue weighted by molar-refractivity contribution is -0.137. The summed E-state index contributed by atoms with van der Waals surface area (Å²) in [5.74, 6) is 0.804. The van der Waals surface area contributed by atoms with Crippen molar-refractivity contribution in [3.05, 3.63) is 35.2 Å². The Hall–Kier alpha value is -2.04. The molecule has 2 aromatic rings. The Kier molecular flexibility index (Phi) is 6.59. The van der Waals surface area contributed by atoms with Crippen LogP contribution in [0.15, 0.2) is 24.0 Å². The standard InChI is InChI=1S/C24H33N2O4P/c1-14(2)30-13-18(24(27)29-4)15-6-8-26-9-7-16-17-11-21(28-3)22(31-5)12-19(17)25-23(16)20(26)10-15/h11-15,20,25,31H,6-10H2,1-5H3/b18-13+. The maximum Gasteiger partial charge on any atom is 0.337 e. The molecule has 4 rings (SSSR count). The van der Waals surface area contributed by atoms with E-state index in [0.29, 0.717) is 14.2 Å². The molecule has 7 heteroatoms. The van der Waals surface area contributed by atoms with Crippen molar-refractivity contribution in [1.29, 1.82) is 0 Å². The van der Waals surface area contributed by atoms with Crippen molar-refractivity contribution in [2.75, 3.05) is 34.0 Å². The Bertz CT molecular complexity index is 997. The normalized spacial score (nSPS) is 22.1. The van der Waals surface area contributed by atoms with Gasteiger partial charge in [-0.2, -0.15) is 0 Å². The molecule has 0 aliphatic carbocycles. The number of rotatable bonds is 6. The summed E-state index contributed by atoms with van der Waals surface area (Å²) in [7, 11) is 3.87. The summed E-state index contributed by atoms with van der Waals surface area (Å²) in [6, 6.07) is 4.70. The molecule has 31 heavy (non-hydrogen) atoms. The van der Waals surface area contributed by atoms with E-state index in [1.807, 2.05) is 13.8 Å². The fourth-order valence-corrected chi connectivity index (χ4v) is 5.68. The number of nitrogens with zero attached hydrogens (tertiary/aromatic N) is 1. The molecule has 3 unspecified atom stereocenters. The molecule has 2 aliphatic heterocycles. The highest BCUT2D eigenvalue weighted by molar-refractivity contribution is 7.46. The third-order valence-corrected chi connectivity index (χ3v) is 7.48. The second kappa shape index (κ2) is 9.22. The molecule has 0 bridgehead atoms. The van der Waals surface area contributed by atoms with E-state index >= 15 is 0 Å². The lowest BCUT2D eigenvalue weighted by atomic mass is 9.81. The molecule has 1 saturated heterocycles. The van der Waals surface area contributed by atoms with E-state index in [0.717, 1.165) is 38.1 Å². The third-order valence-electron chi connectivity index (χ3n) is 6.55. The van der Waals surface area contributed by atoms with Gasteiger partial charge in [0.15, 0.2) is 0 Å². The summed E-state index contributed by atoms with van der Waals surface area (Å²) >= 11 is 0. The summed E-state index contributed by atoms with van der Waals surface area (Å²) in [6.45, 7) is 8.11. The van der Waals surface area contributed by atoms with Gasteiger partial charge in [0.25, 0.3) is 0 Å². The van der Waals surface area contributed by atoms with Crippen LogP contribution in [-0.4, -0.2) is 55.9 Å². The van der Waals surface area contributed by atoms with E-state index < -0.39 is 0 Å². The molecule has 1 N–H and O–H groups in total. The van der Waals surface area contributed by atoms with Gasteiger partial charge in [-0.1, -0.05) is 8.58 Å². The number of hydrogen-bond acceptors (Lipinski definition) is 5. The van der Waals surface area contributed by atoms with Crippen LogP contribution in [-0.2, 0) is 20.7 Å². The Balaban J connectivity index is 1.69. The molecule has 3 heterocycles. The number of fused-ring (bicyclic) bond motifs is 5. The largest absolute Gasteiger partial charge is 0.498 e. The number of nitrogens with one attached hydrogen (secondary N) is 1. The lowest BCUT2D eigenvalue weighted by Crippen LogP contribution is -2.42. The number of esters is 1. The molecule has 0 amide bonds. The molecule has 0 radical (unpaired) electrons. The molecule has 168 valence electrons. The van der Waals surface area contributed by atoms with Gasteiger partial charge in [-0.3, -0.25) is 4.90 Å². The average molecular weight is 445 g/mol. The number of carbonyl (C=O) groups is 1. The number of aromatic amines is 1. The molecule has 1 aromatic carbocycles. The van der Waals surface area contributed by atoms with Gasteiger partial charge in [0.2, 0.25) is 0 Å². The van der Waals surface area contributed by atoms with Gasteiger partial charge < -0.3 is 19.2 Å². The first-order valence-corrected chi connectivity index (χ1v) is 12.5. The van der Waals surface area contributed by atoms with Crippen LogP contribution in [0.3, 0.4) is 0 Å². The van der Waals surface area contributed by atoms with Crippen molar-refractivity contribution in [2.24, 2.45) is 5.92 Å². The number of piperidine rings is 1. The number of ether oxygens (including phenoxy) is 3. The number of carbonyl (C=O) groups excluding carboxylic acids is 1. The zero-order valence-electron chi connectivity index (χ0n) is 19.1. The van der Waals surface area contributed by atoms with Gasteiger partial charge in [-0.05, 0) is 69.9 Å². The van der Waals surface area contributed by atoms with E-state index in [4.69, 9.17) is 14.2 Å². The quantitative estimate of drug-likeness (QED) is 0.317. The van der Waals surface area contributed by atoms with Gasteiger partial charge >= 0.3 is 5.97 Å². The number of H-pyrrole nitrogens is 1. The molecule has 1 aromatic heterocycles. The maximum absolute atomic E-state index is 12.5. The zero-order valence-corrected chi connectivity index (χ0v) is 20.1. The van der Waals surface area contributed by atoms with Crippen LogP contribution in [0.25, 0.3) is 10.9 Å². The molecule has 0 spiro atoms. The fourth-order valence-electron chi connectivity index (χ4n) is 4.97. The SMILES string of the molecule is COC(=O)/C(=C/OC(C)C)C1CCN2CCc3c([nH]c4cc(PC)c(OC)cc34)C2C1. The number of hydrogen-bond donors (Lipinski definition) is 1. The van der Waals surface area contributed by atoms with Crippen LogP contribution < -0.4 is 10.0 Å². The first-order chi connectivity index (χ1) is 15.0. The van der Waals surface area contributed by atoms with Crippen LogP contribution in [0, 0.1) is 5.92 Å². The van der Waals surface area contributed by atoms with E-state index in [1.54, 1.807) is 13.4 Å². The fraction of sp³-hybridized carbons (Fsp3) is 0.542. The predicted molar refractivity (Wildman–Crippen MR) is 126 cm³/mol. The van der Waals surface area contributed by atoms with Crippen LogP contribution in [0.5, 0.6) is 5.75 Å². The van der Waals surface area contributed by atoms with Crippen LogP contribution in [0.1, 0.15) is 44.0 Å². The van der Waals surface area contributed by atoms with Crippen molar-refractivity contribution < 1.29 is 19.0 Å². The highest BCUT2D eigenvalue weighted by atomic mass is 31.1. The Morgan fingerprint density at radius 1 is 1.29 bits per heavy atom. The monoisotopic (exact) mass is 444 g/mol. The predicted octanol–water partition coefficient (Wildman–Crippen LogP) is 3.90. The van der Waals surface area contributed by atoms with Crippen molar-refractivity contribution in [3.63, 3.8) is 0 Å². The van der Waals surface area contributed by atoms with Crippen LogP contribution >= 0.6 is 8.58 Å². The number of aromatic nitrogens is 1. The first-order valence-electron chi connectivity index (χ1n) is 11.0. The van der Waals surface area contributed by atoms with Gasteiger partial charge in [-0.25, -0.2) is 4.79 Å². The summed E-state index contributed by atoms with van der Waals surface area (Å²) in [4.78, 5) is 18.8. The van der Waals surface area contributed by atoms with E-state index in [-0.39, 0.29) is 24.0 Å². The Morgan fingerprint density at radius 2 is 2.10 bits per heavy atom. The summed E-state index contributed by atoms with van der Waals surface area (Å²) in [5, 5.41) is 2.51. The minimum atomic E-state index is -0.287. The van der Waals surface area contributed by atoms with Gasteiger partial charge in [0, 0.05) is 28.4 Å². The van der Waals surface area contributed by atoms with E-state index in [1.165, 1.54) is 34.6 Å². The summed E-state index contributed by atoms with van der Waals surface area (Å²) < 4.78 is 16.4. The number of benzene rings is 1. The molecule has 6 nitrogen and oxygen atoms in total. The molecular weight excluding hydrogens is 411 g/mol. The topological polar surface area (TPSA) is 63.8 Å². The average Bonchev–Trinajstić information content (AvgIpc) is 3.15. The minimum absolute atomic E-state index is 0.0261. The third kappa shape index (κ3) is 4.20. The minimum Gasteiger partial charge on any atom is -0.498 e. The summed E-state index contributed by atoms with van der Waals surface area (Å²) in [6.07, 6.45) is 4.50.